The van der Waals surface area contributed by atoms with E-state index >= 15 is 0 Å². The van der Waals surface area contributed by atoms with Gasteiger partial charge < -0.3 is 10.2 Å². The molecule has 4 nitrogen and oxygen atoms in total. The van der Waals surface area contributed by atoms with Gasteiger partial charge in [0.1, 0.15) is 6.42 Å². The summed E-state index contributed by atoms with van der Waals surface area (Å²) in [7, 11) is 0. The van der Waals surface area contributed by atoms with Crippen LogP contribution in [0.3, 0.4) is 0 Å². The van der Waals surface area contributed by atoms with Crippen LogP contribution in [-0.4, -0.2) is 67.2 Å². The minimum atomic E-state index is -4.39. The fourth-order valence-electron chi connectivity index (χ4n) is 2.22. The van der Waals surface area contributed by atoms with Crippen LogP contribution in [0.15, 0.2) is 0 Å². The fourth-order valence-corrected chi connectivity index (χ4v) is 2.22. The van der Waals surface area contributed by atoms with Gasteiger partial charge in [-0.1, -0.05) is 0 Å². The average Bonchev–Trinajstić information content (AvgIpc) is 2.14. The van der Waals surface area contributed by atoms with Crippen molar-refractivity contribution in [1.82, 2.24) is 15.1 Å². The fraction of sp³-hybridized carbons (Fsp3) is 0.900. The van der Waals surface area contributed by atoms with Gasteiger partial charge in [0.2, 0.25) is 5.91 Å². The Bertz CT molecular complexity index is 283. The van der Waals surface area contributed by atoms with E-state index in [4.69, 9.17) is 0 Å². The second kappa shape index (κ2) is 4.81. The Morgan fingerprint density at radius 3 is 2.35 bits per heavy atom. The van der Waals surface area contributed by atoms with E-state index in [0.29, 0.717) is 13.1 Å². The molecule has 0 aromatic heterocycles. The molecule has 0 aromatic rings. The third-order valence-electron chi connectivity index (χ3n) is 3.23. The highest BCUT2D eigenvalue weighted by Crippen LogP contribution is 2.24. The zero-order chi connectivity index (χ0) is 12.5. The summed E-state index contributed by atoms with van der Waals surface area (Å²) in [5, 5.41) is 3.21. The van der Waals surface area contributed by atoms with Crippen molar-refractivity contribution >= 4 is 5.91 Å². The predicted molar refractivity (Wildman–Crippen MR) is 55.5 cm³/mol. The lowest BCUT2D eigenvalue weighted by atomic mass is 10.1. The minimum Gasteiger partial charge on any atom is -0.339 e. The molecular weight excluding hydrogens is 235 g/mol. The Morgan fingerprint density at radius 1 is 1.24 bits per heavy atom. The molecule has 17 heavy (non-hydrogen) atoms. The molecule has 98 valence electrons. The van der Waals surface area contributed by atoms with Crippen molar-refractivity contribution < 1.29 is 18.0 Å². The van der Waals surface area contributed by atoms with Crippen molar-refractivity contribution in [3.05, 3.63) is 0 Å². The van der Waals surface area contributed by atoms with E-state index < -0.39 is 18.5 Å². The molecule has 2 aliphatic rings. The van der Waals surface area contributed by atoms with E-state index in [-0.39, 0.29) is 6.04 Å². The number of carbonyl (C=O) groups excluding carboxylic acids is 1. The molecule has 1 N–H and O–H groups in total. The van der Waals surface area contributed by atoms with Crippen molar-refractivity contribution in [1.29, 1.82) is 0 Å². The molecular formula is C10H16F3N3O. The van der Waals surface area contributed by atoms with Gasteiger partial charge in [-0.15, -0.1) is 0 Å². The van der Waals surface area contributed by atoms with Crippen LogP contribution in [0, 0.1) is 0 Å². The first-order valence-electron chi connectivity index (χ1n) is 5.75. The Kier molecular flexibility index (Phi) is 3.58. The quantitative estimate of drug-likeness (QED) is 0.753. The third-order valence-corrected chi connectivity index (χ3v) is 3.23. The zero-order valence-electron chi connectivity index (χ0n) is 9.46. The van der Waals surface area contributed by atoms with E-state index in [1.54, 1.807) is 0 Å². The van der Waals surface area contributed by atoms with Crippen molar-refractivity contribution in [2.75, 3.05) is 39.3 Å². The Balaban J connectivity index is 1.72. The lowest BCUT2D eigenvalue weighted by molar-refractivity contribution is -0.166. The number of amides is 1. The highest BCUT2D eigenvalue weighted by atomic mass is 19.4. The number of likely N-dealkylation sites (tertiary alicyclic amines) is 1. The summed E-state index contributed by atoms with van der Waals surface area (Å²) < 4.78 is 36.0. The summed E-state index contributed by atoms with van der Waals surface area (Å²) >= 11 is 0. The molecule has 0 bridgehead atoms. The van der Waals surface area contributed by atoms with Gasteiger partial charge in [0.05, 0.1) is 0 Å². The topological polar surface area (TPSA) is 35.6 Å². The average molecular weight is 251 g/mol. The highest BCUT2D eigenvalue weighted by molar-refractivity contribution is 5.77. The Morgan fingerprint density at radius 2 is 1.82 bits per heavy atom. The van der Waals surface area contributed by atoms with Crippen LogP contribution >= 0.6 is 0 Å². The molecule has 0 unspecified atom stereocenters. The molecule has 0 atom stereocenters. The maximum atomic E-state index is 12.0. The number of halogens is 3. The molecule has 0 spiro atoms. The number of alkyl halides is 3. The molecule has 2 aliphatic heterocycles. The molecule has 0 aromatic carbocycles. The molecule has 0 aliphatic carbocycles. The number of nitrogens with one attached hydrogen (secondary N) is 1. The van der Waals surface area contributed by atoms with E-state index in [0.717, 1.165) is 26.2 Å². The molecule has 2 heterocycles. The Hall–Kier alpha value is -0.820. The van der Waals surface area contributed by atoms with Gasteiger partial charge in [0, 0.05) is 45.3 Å². The number of hydrogen-bond acceptors (Lipinski definition) is 3. The van der Waals surface area contributed by atoms with Gasteiger partial charge >= 0.3 is 6.18 Å². The van der Waals surface area contributed by atoms with Crippen molar-refractivity contribution in [3.63, 3.8) is 0 Å². The number of carbonyl (C=O) groups is 1. The summed E-state index contributed by atoms with van der Waals surface area (Å²) in [6, 6.07) is 0.245. The smallest absolute Gasteiger partial charge is 0.339 e. The molecule has 2 fully saturated rings. The lowest BCUT2D eigenvalue weighted by Gasteiger charge is -2.46. The summed E-state index contributed by atoms with van der Waals surface area (Å²) in [6.45, 7) is 4.52. The standard InChI is InChI=1S/C10H16F3N3O/c11-10(12,13)5-9(17)16-6-8(7-16)15-3-1-14-2-4-15/h8,14H,1-7H2. The molecule has 2 saturated heterocycles. The molecule has 0 radical (unpaired) electrons. The van der Waals surface area contributed by atoms with Crippen LogP contribution in [0.25, 0.3) is 0 Å². The summed E-state index contributed by atoms with van der Waals surface area (Å²) in [4.78, 5) is 14.8. The zero-order valence-corrected chi connectivity index (χ0v) is 9.46. The van der Waals surface area contributed by atoms with E-state index in [1.165, 1.54) is 4.90 Å². The highest BCUT2D eigenvalue weighted by Gasteiger charge is 2.39. The first-order valence-corrected chi connectivity index (χ1v) is 5.75. The first kappa shape index (κ1) is 12.6. The number of rotatable bonds is 2. The number of hydrogen-bond donors (Lipinski definition) is 1. The maximum absolute atomic E-state index is 12.0. The van der Waals surface area contributed by atoms with Crippen LogP contribution in [0.5, 0.6) is 0 Å². The molecule has 0 saturated carbocycles. The third kappa shape index (κ3) is 3.32. The second-order valence-corrected chi connectivity index (χ2v) is 4.53. The Labute approximate surface area is 97.7 Å². The maximum Gasteiger partial charge on any atom is 0.397 e. The van der Waals surface area contributed by atoms with E-state index in [1.807, 2.05) is 0 Å². The normalized spacial score (nSPS) is 23.6. The molecule has 7 heteroatoms. The second-order valence-electron chi connectivity index (χ2n) is 4.53. The summed E-state index contributed by atoms with van der Waals surface area (Å²) in [5.41, 5.74) is 0. The summed E-state index contributed by atoms with van der Waals surface area (Å²) in [6.07, 6.45) is -5.72. The van der Waals surface area contributed by atoms with Crippen molar-refractivity contribution in [2.24, 2.45) is 0 Å². The number of nitrogens with zero attached hydrogens (tertiary/aromatic N) is 2. The minimum absolute atomic E-state index is 0.245. The van der Waals surface area contributed by atoms with Crippen LogP contribution in [0.1, 0.15) is 6.42 Å². The summed E-state index contributed by atoms with van der Waals surface area (Å²) in [5.74, 6) is -0.802. The van der Waals surface area contributed by atoms with E-state index in [2.05, 4.69) is 10.2 Å². The van der Waals surface area contributed by atoms with Gasteiger partial charge in [-0.2, -0.15) is 13.2 Å². The van der Waals surface area contributed by atoms with Gasteiger partial charge in [0.25, 0.3) is 0 Å². The lowest BCUT2D eigenvalue weighted by Crippen LogP contribution is -2.64. The number of piperazine rings is 1. The van der Waals surface area contributed by atoms with Crippen LogP contribution in [0.4, 0.5) is 13.2 Å². The van der Waals surface area contributed by atoms with Gasteiger partial charge in [-0.3, -0.25) is 9.69 Å². The molecule has 1 amide bonds. The monoisotopic (exact) mass is 251 g/mol. The predicted octanol–water partition coefficient (Wildman–Crippen LogP) is 0.0548. The first-order chi connectivity index (χ1) is 7.96. The largest absolute Gasteiger partial charge is 0.397 e. The van der Waals surface area contributed by atoms with Crippen LogP contribution < -0.4 is 5.32 Å². The van der Waals surface area contributed by atoms with Crippen molar-refractivity contribution in [3.8, 4) is 0 Å². The van der Waals surface area contributed by atoms with E-state index in [9.17, 15) is 18.0 Å². The molecule has 2 rings (SSSR count). The van der Waals surface area contributed by atoms with Gasteiger partial charge in [-0.05, 0) is 0 Å². The van der Waals surface area contributed by atoms with Crippen molar-refractivity contribution in [2.45, 2.75) is 18.6 Å². The van der Waals surface area contributed by atoms with Gasteiger partial charge in [-0.25, -0.2) is 0 Å². The van der Waals surface area contributed by atoms with Gasteiger partial charge in [0.15, 0.2) is 0 Å². The van der Waals surface area contributed by atoms with Crippen LogP contribution in [-0.2, 0) is 4.79 Å². The SMILES string of the molecule is O=C(CC(F)(F)F)N1CC(N2CCNCC2)C1. The van der Waals surface area contributed by atoms with Crippen LogP contribution in [0.2, 0.25) is 0 Å².